The second-order valence-corrected chi connectivity index (χ2v) is 6.65. The molecule has 0 aliphatic rings. The van der Waals surface area contributed by atoms with Gasteiger partial charge >= 0.3 is 0 Å². The zero-order valence-corrected chi connectivity index (χ0v) is 16.4. The van der Waals surface area contributed by atoms with Crippen LogP contribution < -0.4 is 10.4 Å². The fourth-order valence-electron chi connectivity index (χ4n) is 1.92. The molecule has 0 spiro atoms. The number of ether oxygens (including phenoxy) is 3. The Balaban J connectivity index is 3.54. The molecule has 0 radical (unpaired) electrons. The summed E-state index contributed by atoms with van der Waals surface area (Å²) in [6.45, 7) is 13.1. The Morgan fingerprint density at radius 3 is 1.96 bits per heavy atom. The van der Waals surface area contributed by atoms with Gasteiger partial charge in [-0.05, 0) is 31.1 Å². The summed E-state index contributed by atoms with van der Waals surface area (Å²) in [5.74, 6) is 0.0433. The van der Waals surface area contributed by atoms with Crippen LogP contribution >= 0.6 is 0 Å². The standard InChI is InChI=1S/C18H36N2O5/c1-14(2)6-8-23-10-12-25-13-11-24-9-7-19-18(22)17(15(3)4)20-16(5)21/h14-15,17H,6-13H2,1-5H3,(H,19,22)(H,20,21)/p-1. The summed E-state index contributed by atoms with van der Waals surface area (Å²) in [6, 6.07) is -0.642. The molecule has 1 atom stereocenters. The van der Waals surface area contributed by atoms with Crippen molar-refractivity contribution in [3.8, 4) is 0 Å². The molecule has 25 heavy (non-hydrogen) atoms. The van der Waals surface area contributed by atoms with E-state index >= 15 is 0 Å². The van der Waals surface area contributed by atoms with Crippen LogP contribution in [0, 0.1) is 11.8 Å². The van der Waals surface area contributed by atoms with Crippen molar-refractivity contribution in [2.24, 2.45) is 16.8 Å². The molecule has 0 aliphatic carbocycles. The topological polar surface area (TPSA) is 92.2 Å². The van der Waals surface area contributed by atoms with Gasteiger partial charge < -0.3 is 24.6 Å². The van der Waals surface area contributed by atoms with Gasteiger partial charge in [0, 0.05) is 13.2 Å². The molecule has 0 fully saturated rings. The van der Waals surface area contributed by atoms with Gasteiger partial charge in [-0.15, -0.1) is 0 Å². The number of nitrogens with zero attached hydrogens (tertiary/aromatic N) is 1. The molecule has 0 aromatic heterocycles. The van der Waals surface area contributed by atoms with Crippen molar-refractivity contribution in [2.45, 2.75) is 47.1 Å². The van der Waals surface area contributed by atoms with E-state index in [-0.39, 0.29) is 17.7 Å². The van der Waals surface area contributed by atoms with Crippen LogP contribution in [0.3, 0.4) is 0 Å². The van der Waals surface area contributed by atoms with Crippen LogP contribution in [0.4, 0.5) is 0 Å². The Morgan fingerprint density at radius 1 is 0.960 bits per heavy atom. The number of hydrogen-bond donors (Lipinski definition) is 1. The fraction of sp³-hybridized carbons (Fsp3) is 0.889. The van der Waals surface area contributed by atoms with Crippen molar-refractivity contribution in [1.82, 2.24) is 5.32 Å². The summed E-state index contributed by atoms with van der Waals surface area (Å²) >= 11 is 0. The summed E-state index contributed by atoms with van der Waals surface area (Å²) in [5.41, 5.74) is 0. The molecule has 7 nitrogen and oxygen atoms in total. The molecular formula is C18H35N2O5-. The minimum absolute atomic E-state index is 0.0269. The van der Waals surface area contributed by atoms with E-state index in [1.165, 1.54) is 6.92 Å². The van der Waals surface area contributed by atoms with Gasteiger partial charge in [0.05, 0.1) is 33.0 Å². The molecule has 0 rings (SSSR count). The molecular weight excluding hydrogens is 324 g/mol. The first-order valence-corrected chi connectivity index (χ1v) is 9.07. The zero-order chi connectivity index (χ0) is 19.1. The molecule has 0 saturated carbocycles. The van der Waals surface area contributed by atoms with Crippen molar-refractivity contribution in [2.75, 3.05) is 46.2 Å². The van der Waals surface area contributed by atoms with E-state index in [1.54, 1.807) is 0 Å². The van der Waals surface area contributed by atoms with Gasteiger partial charge in [0.2, 0.25) is 5.91 Å². The lowest BCUT2D eigenvalue weighted by Gasteiger charge is -2.18. The molecule has 0 aliphatic heterocycles. The van der Waals surface area contributed by atoms with Crippen molar-refractivity contribution in [3.63, 3.8) is 0 Å². The molecule has 0 heterocycles. The van der Waals surface area contributed by atoms with Crippen molar-refractivity contribution >= 4 is 11.8 Å². The maximum atomic E-state index is 12.0. The molecule has 1 amide bonds. The molecule has 0 bridgehead atoms. The van der Waals surface area contributed by atoms with Gasteiger partial charge in [-0.2, -0.15) is 0 Å². The number of rotatable bonds is 15. The third kappa shape index (κ3) is 14.8. The molecule has 0 aromatic rings. The van der Waals surface area contributed by atoms with Crippen molar-refractivity contribution < 1.29 is 24.1 Å². The first-order valence-electron chi connectivity index (χ1n) is 9.07. The maximum absolute atomic E-state index is 12.0. The number of carbonyl (C=O) groups is 1. The van der Waals surface area contributed by atoms with E-state index < -0.39 is 6.04 Å². The highest BCUT2D eigenvalue weighted by molar-refractivity contribution is 5.84. The monoisotopic (exact) mass is 359 g/mol. The van der Waals surface area contributed by atoms with Gasteiger partial charge in [-0.3, -0.25) is 9.79 Å². The van der Waals surface area contributed by atoms with Crippen LogP contribution in [0.5, 0.6) is 0 Å². The summed E-state index contributed by atoms with van der Waals surface area (Å²) < 4.78 is 16.2. The molecule has 7 heteroatoms. The fourth-order valence-corrected chi connectivity index (χ4v) is 1.92. The van der Waals surface area contributed by atoms with Crippen LogP contribution in [0.15, 0.2) is 4.99 Å². The largest absolute Gasteiger partial charge is 0.862 e. The average molecular weight is 359 g/mol. The Kier molecular flexibility index (Phi) is 14.4. The van der Waals surface area contributed by atoms with Gasteiger partial charge in [-0.25, -0.2) is 0 Å². The van der Waals surface area contributed by atoms with Gasteiger partial charge in [-0.1, -0.05) is 27.7 Å². The Hall–Kier alpha value is -1.18. The van der Waals surface area contributed by atoms with Gasteiger partial charge in [0.15, 0.2) is 0 Å². The van der Waals surface area contributed by atoms with E-state index in [2.05, 4.69) is 24.2 Å². The normalized spacial score (nSPS) is 13.5. The second-order valence-electron chi connectivity index (χ2n) is 6.65. The third-order valence-corrected chi connectivity index (χ3v) is 3.35. The van der Waals surface area contributed by atoms with Crippen LogP contribution in [0.25, 0.3) is 0 Å². The minimum atomic E-state index is -0.642. The van der Waals surface area contributed by atoms with Crippen LogP contribution in [0.2, 0.25) is 0 Å². The van der Waals surface area contributed by atoms with E-state index in [1.807, 2.05) is 13.8 Å². The SMILES string of the molecule is CC([O-])=NC(C(=O)NCCOCCOCCOCCC(C)C)C(C)C. The predicted molar refractivity (Wildman–Crippen MR) is 96.7 cm³/mol. The van der Waals surface area contributed by atoms with E-state index in [4.69, 9.17) is 14.2 Å². The highest BCUT2D eigenvalue weighted by Gasteiger charge is 2.19. The molecule has 1 N–H and O–H groups in total. The minimum Gasteiger partial charge on any atom is -0.862 e. The highest BCUT2D eigenvalue weighted by atomic mass is 16.5. The van der Waals surface area contributed by atoms with Crippen LogP contribution in [0.1, 0.15) is 41.0 Å². The number of nitrogens with one attached hydrogen (secondary N) is 1. The zero-order valence-electron chi connectivity index (χ0n) is 16.4. The first kappa shape index (κ1) is 23.8. The lowest BCUT2D eigenvalue weighted by atomic mass is 10.0. The predicted octanol–water partition coefficient (Wildman–Crippen LogP) is 1.00. The number of aliphatic imine (C=N–C) groups is 1. The van der Waals surface area contributed by atoms with E-state index in [0.717, 1.165) is 13.0 Å². The van der Waals surface area contributed by atoms with E-state index in [9.17, 15) is 9.90 Å². The lowest BCUT2D eigenvalue weighted by molar-refractivity contribution is -0.216. The van der Waals surface area contributed by atoms with Crippen LogP contribution in [-0.4, -0.2) is 64.0 Å². The number of amides is 1. The summed E-state index contributed by atoms with van der Waals surface area (Å²) in [4.78, 5) is 15.8. The van der Waals surface area contributed by atoms with Crippen molar-refractivity contribution in [1.29, 1.82) is 0 Å². The molecule has 0 aromatic carbocycles. The highest BCUT2D eigenvalue weighted by Crippen LogP contribution is 2.06. The van der Waals surface area contributed by atoms with Gasteiger partial charge in [0.25, 0.3) is 0 Å². The average Bonchev–Trinajstić information content (AvgIpc) is 2.52. The number of hydrogen-bond acceptors (Lipinski definition) is 6. The molecule has 1 unspecified atom stereocenters. The Bertz CT molecular complexity index is 368. The van der Waals surface area contributed by atoms with Gasteiger partial charge in [0.1, 0.15) is 6.04 Å². The molecule has 0 saturated heterocycles. The lowest BCUT2D eigenvalue weighted by Crippen LogP contribution is -2.39. The molecule has 148 valence electrons. The third-order valence-electron chi connectivity index (χ3n) is 3.35. The quantitative estimate of drug-likeness (QED) is 0.268. The summed E-state index contributed by atoms with van der Waals surface area (Å²) in [6.07, 6.45) is 1.06. The second kappa shape index (κ2) is 15.1. The summed E-state index contributed by atoms with van der Waals surface area (Å²) in [7, 11) is 0. The summed E-state index contributed by atoms with van der Waals surface area (Å²) in [5, 5.41) is 13.8. The Labute approximate surface area is 152 Å². The van der Waals surface area contributed by atoms with Crippen molar-refractivity contribution in [3.05, 3.63) is 0 Å². The maximum Gasteiger partial charge on any atom is 0.245 e. The smallest absolute Gasteiger partial charge is 0.245 e. The number of carbonyl (C=O) groups excluding carboxylic acids is 1. The van der Waals surface area contributed by atoms with Crippen LogP contribution in [-0.2, 0) is 19.0 Å². The van der Waals surface area contributed by atoms with E-state index in [0.29, 0.717) is 45.5 Å². The Morgan fingerprint density at radius 2 is 1.48 bits per heavy atom. The first-order chi connectivity index (χ1) is 11.8.